The Hall–Kier alpha value is -1.80. The van der Waals surface area contributed by atoms with Crippen molar-refractivity contribution in [2.24, 2.45) is 5.14 Å². The Bertz CT molecular complexity index is 839. The van der Waals surface area contributed by atoms with E-state index in [9.17, 15) is 13.2 Å². The number of ether oxygens (including phenoxy) is 1. The fraction of sp³-hybridized carbons (Fsp3) is 0.133. The van der Waals surface area contributed by atoms with Gasteiger partial charge in [-0.1, -0.05) is 35.3 Å². The first-order valence-electron chi connectivity index (χ1n) is 6.76. The highest BCUT2D eigenvalue weighted by Gasteiger charge is 2.08. The minimum absolute atomic E-state index is 0.0320. The van der Waals surface area contributed by atoms with E-state index in [-0.39, 0.29) is 11.5 Å². The van der Waals surface area contributed by atoms with Gasteiger partial charge in [-0.25, -0.2) is 18.4 Å². The molecular formula is C15H14Cl2N2O4S. The molecule has 6 nitrogen and oxygen atoms in total. The summed E-state index contributed by atoms with van der Waals surface area (Å²) >= 11 is 11.6. The summed E-state index contributed by atoms with van der Waals surface area (Å²) in [7, 11) is -3.71. The first-order valence-corrected chi connectivity index (χ1v) is 9.06. The number of carbonyl (C=O) groups excluding carboxylic acids is 1. The van der Waals surface area contributed by atoms with Crippen LogP contribution in [-0.4, -0.2) is 21.1 Å². The van der Waals surface area contributed by atoms with Crippen LogP contribution in [0.25, 0.3) is 0 Å². The molecule has 2 rings (SSSR count). The summed E-state index contributed by atoms with van der Waals surface area (Å²) in [6, 6.07) is 10.7. The van der Waals surface area contributed by atoms with Gasteiger partial charge in [0.05, 0.1) is 21.5 Å². The molecule has 0 aromatic heterocycles. The minimum atomic E-state index is -3.71. The smallest absolute Gasteiger partial charge is 0.411 e. The average Bonchev–Trinajstić information content (AvgIpc) is 2.50. The molecule has 2 aromatic rings. The monoisotopic (exact) mass is 388 g/mol. The maximum atomic E-state index is 11.7. The van der Waals surface area contributed by atoms with Crippen molar-refractivity contribution in [2.45, 2.75) is 11.3 Å². The highest BCUT2D eigenvalue weighted by Crippen LogP contribution is 2.25. The van der Waals surface area contributed by atoms with Crippen molar-refractivity contribution < 1.29 is 17.9 Å². The van der Waals surface area contributed by atoms with Gasteiger partial charge < -0.3 is 4.74 Å². The molecule has 0 heterocycles. The Morgan fingerprint density at radius 1 is 1.08 bits per heavy atom. The molecule has 24 heavy (non-hydrogen) atoms. The maximum Gasteiger partial charge on any atom is 0.411 e. The number of carbonyl (C=O) groups is 1. The molecular weight excluding hydrogens is 375 g/mol. The molecule has 0 aliphatic heterocycles. The van der Waals surface area contributed by atoms with Crippen LogP contribution >= 0.6 is 23.2 Å². The van der Waals surface area contributed by atoms with Gasteiger partial charge in [-0.15, -0.1) is 0 Å². The standard InChI is InChI=1S/C15H14Cl2N2O4S/c16-13-6-3-11(9-14(13)17)19-15(20)23-8-7-10-1-4-12(5-2-10)24(18,21)22/h1-6,9H,7-8H2,(H,19,20)(H2,18,21,22). The summed E-state index contributed by atoms with van der Waals surface area (Å²) in [6.45, 7) is 0.127. The Kier molecular flexibility index (Phi) is 6.06. The first-order chi connectivity index (χ1) is 11.3. The normalized spacial score (nSPS) is 11.1. The Balaban J connectivity index is 1.83. The van der Waals surface area contributed by atoms with Crippen molar-refractivity contribution in [1.82, 2.24) is 0 Å². The van der Waals surface area contributed by atoms with E-state index >= 15 is 0 Å². The first kappa shape index (κ1) is 18.5. The molecule has 2 aromatic carbocycles. The molecule has 0 aliphatic rings. The fourth-order valence-corrected chi connectivity index (χ4v) is 2.65. The van der Waals surface area contributed by atoms with Crippen LogP contribution in [0.2, 0.25) is 10.0 Å². The largest absolute Gasteiger partial charge is 0.449 e. The lowest BCUT2D eigenvalue weighted by Gasteiger charge is -2.08. The van der Waals surface area contributed by atoms with Crippen molar-refractivity contribution in [3.05, 3.63) is 58.1 Å². The predicted molar refractivity (Wildman–Crippen MR) is 93.0 cm³/mol. The van der Waals surface area contributed by atoms with E-state index in [2.05, 4.69) is 5.32 Å². The van der Waals surface area contributed by atoms with E-state index in [1.807, 2.05) is 0 Å². The van der Waals surface area contributed by atoms with Gasteiger partial charge in [-0.05, 0) is 35.9 Å². The molecule has 0 unspecified atom stereocenters. The lowest BCUT2D eigenvalue weighted by atomic mass is 10.2. The Labute approximate surface area is 149 Å². The van der Waals surface area contributed by atoms with Crippen LogP contribution in [-0.2, 0) is 21.2 Å². The molecule has 0 radical (unpaired) electrons. The zero-order valence-corrected chi connectivity index (χ0v) is 14.7. The SMILES string of the molecule is NS(=O)(=O)c1ccc(CCOC(=O)Nc2ccc(Cl)c(Cl)c2)cc1. The second kappa shape index (κ2) is 7.85. The van der Waals surface area contributed by atoms with Crippen LogP contribution < -0.4 is 10.5 Å². The molecule has 0 bridgehead atoms. The van der Waals surface area contributed by atoms with Gasteiger partial charge >= 0.3 is 6.09 Å². The van der Waals surface area contributed by atoms with E-state index in [0.29, 0.717) is 22.2 Å². The quantitative estimate of drug-likeness (QED) is 0.819. The number of primary sulfonamides is 1. The number of rotatable bonds is 5. The van der Waals surface area contributed by atoms with Crippen molar-refractivity contribution in [1.29, 1.82) is 0 Å². The van der Waals surface area contributed by atoms with E-state index in [4.69, 9.17) is 33.1 Å². The lowest BCUT2D eigenvalue weighted by Crippen LogP contribution is -2.15. The number of sulfonamides is 1. The molecule has 9 heteroatoms. The highest BCUT2D eigenvalue weighted by molar-refractivity contribution is 7.89. The number of nitrogens with one attached hydrogen (secondary N) is 1. The van der Waals surface area contributed by atoms with E-state index in [1.54, 1.807) is 24.3 Å². The summed E-state index contributed by atoms with van der Waals surface area (Å²) in [4.78, 5) is 11.7. The van der Waals surface area contributed by atoms with E-state index in [1.165, 1.54) is 18.2 Å². The topological polar surface area (TPSA) is 98.5 Å². The van der Waals surface area contributed by atoms with Crippen molar-refractivity contribution in [3.8, 4) is 0 Å². The minimum Gasteiger partial charge on any atom is -0.449 e. The summed E-state index contributed by atoms with van der Waals surface area (Å²) in [5, 5.41) is 8.25. The van der Waals surface area contributed by atoms with Gasteiger partial charge in [0.15, 0.2) is 0 Å². The van der Waals surface area contributed by atoms with Crippen LogP contribution in [0.4, 0.5) is 10.5 Å². The Morgan fingerprint density at radius 3 is 2.33 bits per heavy atom. The number of hydrogen-bond donors (Lipinski definition) is 2. The fourth-order valence-electron chi connectivity index (χ4n) is 1.84. The van der Waals surface area contributed by atoms with Gasteiger partial charge in [-0.3, -0.25) is 5.32 Å². The van der Waals surface area contributed by atoms with Gasteiger partial charge in [0.25, 0.3) is 0 Å². The van der Waals surface area contributed by atoms with Gasteiger partial charge in [-0.2, -0.15) is 0 Å². The summed E-state index contributed by atoms with van der Waals surface area (Å²) in [5.41, 5.74) is 1.27. The van der Waals surface area contributed by atoms with Crippen LogP contribution in [0.1, 0.15) is 5.56 Å². The number of hydrogen-bond acceptors (Lipinski definition) is 4. The number of anilines is 1. The van der Waals surface area contributed by atoms with E-state index < -0.39 is 16.1 Å². The molecule has 0 atom stereocenters. The summed E-state index contributed by atoms with van der Waals surface area (Å²) < 4.78 is 27.3. The third-order valence-electron chi connectivity index (χ3n) is 3.04. The van der Waals surface area contributed by atoms with Crippen molar-refractivity contribution >= 4 is 45.0 Å². The molecule has 0 saturated carbocycles. The second-order valence-electron chi connectivity index (χ2n) is 4.83. The predicted octanol–water partition coefficient (Wildman–Crippen LogP) is 3.43. The second-order valence-corrected chi connectivity index (χ2v) is 7.20. The number of benzene rings is 2. The average molecular weight is 389 g/mol. The van der Waals surface area contributed by atoms with Crippen molar-refractivity contribution in [2.75, 3.05) is 11.9 Å². The number of amides is 1. The van der Waals surface area contributed by atoms with Crippen LogP contribution in [0.5, 0.6) is 0 Å². The molecule has 0 fully saturated rings. The molecule has 0 saturated heterocycles. The third-order valence-corrected chi connectivity index (χ3v) is 4.71. The summed E-state index contributed by atoms with van der Waals surface area (Å²) in [5.74, 6) is 0. The van der Waals surface area contributed by atoms with E-state index in [0.717, 1.165) is 5.56 Å². The van der Waals surface area contributed by atoms with Crippen LogP contribution in [0, 0.1) is 0 Å². The highest BCUT2D eigenvalue weighted by atomic mass is 35.5. The molecule has 3 N–H and O–H groups in total. The Morgan fingerprint density at radius 2 is 1.75 bits per heavy atom. The third kappa shape index (κ3) is 5.38. The van der Waals surface area contributed by atoms with Gasteiger partial charge in [0.2, 0.25) is 10.0 Å². The molecule has 0 aliphatic carbocycles. The van der Waals surface area contributed by atoms with Gasteiger partial charge in [0.1, 0.15) is 0 Å². The zero-order valence-electron chi connectivity index (χ0n) is 12.3. The van der Waals surface area contributed by atoms with Crippen LogP contribution in [0.15, 0.2) is 47.4 Å². The maximum absolute atomic E-state index is 11.7. The molecule has 1 amide bonds. The molecule has 0 spiro atoms. The van der Waals surface area contributed by atoms with Gasteiger partial charge in [0, 0.05) is 12.1 Å². The van der Waals surface area contributed by atoms with Crippen LogP contribution in [0.3, 0.4) is 0 Å². The van der Waals surface area contributed by atoms with Crippen molar-refractivity contribution in [3.63, 3.8) is 0 Å². The zero-order chi connectivity index (χ0) is 17.7. The lowest BCUT2D eigenvalue weighted by molar-refractivity contribution is 0.163. The number of nitrogens with two attached hydrogens (primary N) is 1. The number of halogens is 2. The summed E-state index contributed by atoms with van der Waals surface area (Å²) in [6.07, 6.45) is -0.200. The molecule has 128 valence electrons.